The Bertz CT molecular complexity index is 504. The van der Waals surface area contributed by atoms with E-state index in [-0.39, 0.29) is 0 Å². The van der Waals surface area contributed by atoms with Gasteiger partial charge in [0.05, 0.1) is 0 Å². The second-order valence-corrected chi connectivity index (χ2v) is 7.05. The number of nitrogens with two attached hydrogens (primary N) is 1. The summed E-state index contributed by atoms with van der Waals surface area (Å²) in [7, 11) is 0. The minimum atomic E-state index is 0.615. The van der Waals surface area contributed by atoms with Crippen molar-refractivity contribution in [1.29, 1.82) is 0 Å². The Morgan fingerprint density at radius 3 is 2.46 bits per heavy atom. The molecule has 1 aromatic carbocycles. The molecule has 1 aliphatic carbocycles. The number of rotatable bonds is 7. The molecule has 0 bridgehead atoms. The summed E-state index contributed by atoms with van der Waals surface area (Å²) in [6.45, 7) is 8.43. The number of hydrogen-bond donors (Lipinski definition) is 2. The van der Waals surface area contributed by atoms with E-state index < -0.39 is 0 Å². The third-order valence-electron chi connectivity index (χ3n) is 5.19. The summed E-state index contributed by atoms with van der Waals surface area (Å²) >= 11 is 0. The van der Waals surface area contributed by atoms with E-state index in [0.717, 1.165) is 58.3 Å². The van der Waals surface area contributed by atoms with Gasteiger partial charge in [0.1, 0.15) is 0 Å². The zero-order valence-electron chi connectivity index (χ0n) is 14.7. The fraction of sp³-hybridized carbons (Fsp3) is 0.632. The van der Waals surface area contributed by atoms with Crippen molar-refractivity contribution in [1.82, 2.24) is 15.1 Å². The van der Waals surface area contributed by atoms with E-state index in [0.29, 0.717) is 5.96 Å². The fourth-order valence-electron chi connectivity index (χ4n) is 3.31. The number of piperazine rings is 1. The topological polar surface area (TPSA) is 56.9 Å². The highest BCUT2D eigenvalue weighted by Crippen LogP contribution is 2.26. The molecule has 2 aliphatic rings. The first-order valence-electron chi connectivity index (χ1n) is 9.32. The first-order chi connectivity index (χ1) is 11.8. The molecule has 5 heteroatoms. The molecule has 1 saturated heterocycles. The minimum absolute atomic E-state index is 0.615. The van der Waals surface area contributed by atoms with Gasteiger partial charge in [0, 0.05) is 52.4 Å². The van der Waals surface area contributed by atoms with Gasteiger partial charge >= 0.3 is 0 Å². The van der Waals surface area contributed by atoms with Crippen LogP contribution in [0.1, 0.15) is 24.8 Å². The maximum atomic E-state index is 5.94. The molecule has 0 spiro atoms. The van der Waals surface area contributed by atoms with Crippen molar-refractivity contribution < 1.29 is 0 Å². The Morgan fingerprint density at radius 2 is 1.79 bits per heavy atom. The lowest BCUT2D eigenvalue weighted by Crippen LogP contribution is -2.48. The molecule has 0 aromatic heterocycles. The second kappa shape index (κ2) is 9.04. The van der Waals surface area contributed by atoms with Crippen molar-refractivity contribution in [3.63, 3.8) is 0 Å². The van der Waals surface area contributed by atoms with E-state index in [2.05, 4.69) is 50.4 Å². The highest BCUT2D eigenvalue weighted by atomic mass is 15.3. The molecule has 2 fully saturated rings. The van der Waals surface area contributed by atoms with E-state index >= 15 is 0 Å². The quantitative estimate of drug-likeness (QED) is 0.588. The summed E-state index contributed by atoms with van der Waals surface area (Å²) in [6.07, 6.45) is 4.01. The number of nitrogens with zero attached hydrogens (tertiary/aromatic N) is 3. The average molecular weight is 329 g/mol. The van der Waals surface area contributed by atoms with Crippen LogP contribution >= 0.6 is 0 Å². The lowest BCUT2D eigenvalue weighted by Gasteiger charge is -2.34. The molecule has 24 heavy (non-hydrogen) atoms. The van der Waals surface area contributed by atoms with Crippen molar-refractivity contribution in [2.24, 2.45) is 16.6 Å². The van der Waals surface area contributed by atoms with Crippen LogP contribution in [0.4, 0.5) is 0 Å². The molecule has 0 unspecified atom stereocenters. The molecule has 3 N–H and O–H groups in total. The first-order valence-corrected chi connectivity index (χ1v) is 9.32. The van der Waals surface area contributed by atoms with Crippen LogP contribution in [0.2, 0.25) is 0 Å². The summed E-state index contributed by atoms with van der Waals surface area (Å²) in [5.41, 5.74) is 7.34. The zero-order valence-corrected chi connectivity index (χ0v) is 14.7. The highest BCUT2D eigenvalue weighted by molar-refractivity contribution is 5.77. The maximum absolute atomic E-state index is 5.94. The van der Waals surface area contributed by atoms with Crippen molar-refractivity contribution >= 4 is 5.96 Å². The Morgan fingerprint density at radius 1 is 1.08 bits per heavy atom. The highest BCUT2D eigenvalue weighted by Gasteiger charge is 2.17. The molecule has 1 aromatic rings. The molecule has 0 radical (unpaired) electrons. The standard InChI is InChI=1S/C19H31N5/c20-19(22-15-17-7-4-8-17)21-9-10-23-11-13-24(14-12-23)16-18-5-2-1-3-6-18/h1-3,5-6,17H,4,7-16H2,(H3,20,21,22). The number of hydrogen-bond acceptors (Lipinski definition) is 3. The largest absolute Gasteiger partial charge is 0.370 e. The second-order valence-electron chi connectivity index (χ2n) is 7.05. The Kier molecular flexibility index (Phi) is 6.49. The van der Waals surface area contributed by atoms with Crippen molar-refractivity contribution in [3.8, 4) is 0 Å². The fourth-order valence-corrected chi connectivity index (χ4v) is 3.31. The molecular weight excluding hydrogens is 298 g/mol. The van der Waals surface area contributed by atoms with Gasteiger partial charge in [-0.3, -0.25) is 14.8 Å². The Balaban J connectivity index is 1.28. The van der Waals surface area contributed by atoms with Crippen molar-refractivity contribution in [2.75, 3.05) is 45.8 Å². The normalized spacial score (nSPS) is 20.8. The number of benzene rings is 1. The summed E-state index contributed by atoms with van der Waals surface area (Å²) in [4.78, 5) is 9.49. The molecule has 1 aliphatic heterocycles. The van der Waals surface area contributed by atoms with E-state index in [1.165, 1.54) is 24.8 Å². The maximum Gasteiger partial charge on any atom is 0.188 e. The van der Waals surface area contributed by atoms with Crippen LogP contribution in [0.3, 0.4) is 0 Å². The SMILES string of the molecule is NC(=NCC1CCC1)NCCN1CCN(Cc2ccccc2)CC1. The van der Waals surface area contributed by atoms with Crippen molar-refractivity contribution in [2.45, 2.75) is 25.8 Å². The van der Waals surface area contributed by atoms with Crippen LogP contribution in [0.5, 0.6) is 0 Å². The Hall–Kier alpha value is -1.59. The molecule has 5 nitrogen and oxygen atoms in total. The van der Waals surface area contributed by atoms with Crippen LogP contribution < -0.4 is 11.1 Å². The predicted octanol–water partition coefficient (Wildman–Crippen LogP) is 1.51. The predicted molar refractivity (Wildman–Crippen MR) is 100.0 cm³/mol. The van der Waals surface area contributed by atoms with Gasteiger partial charge in [-0.25, -0.2) is 0 Å². The van der Waals surface area contributed by atoms with Gasteiger partial charge in [0.15, 0.2) is 5.96 Å². The van der Waals surface area contributed by atoms with E-state index in [4.69, 9.17) is 5.73 Å². The van der Waals surface area contributed by atoms with Gasteiger partial charge < -0.3 is 11.1 Å². The van der Waals surface area contributed by atoms with E-state index in [1.807, 2.05) is 0 Å². The monoisotopic (exact) mass is 329 g/mol. The lowest BCUT2D eigenvalue weighted by atomic mass is 9.86. The smallest absolute Gasteiger partial charge is 0.188 e. The van der Waals surface area contributed by atoms with Crippen LogP contribution in [0.25, 0.3) is 0 Å². The zero-order chi connectivity index (χ0) is 16.6. The van der Waals surface area contributed by atoms with E-state index in [1.54, 1.807) is 0 Å². The Labute approximate surface area is 145 Å². The van der Waals surface area contributed by atoms with Crippen molar-refractivity contribution in [3.05, 3.63) is 35.9 Å². The number of guanidine groups is 1. The summed E-state index contributed by atoms with van der Waals surface area (Å²) in [5, 5.41) is 3.26. The molecule has 0 amide bonds. The molecule has 1 saturated carbocycles. The van der Waals surface area contributed by atoms with Gasteiger partial charge in [0.25, 0.3) is 0 Å². The van der Waals surface area contributed by atoms with Crippen LogP contribution in [-0.4, -0.2) is 61.6 Å². The van der Waals surface area contributed by atoms with Gasteiger partial charge in [0.2, 0.25) is 0 Å². The van der Waals surface area contributed by atoms with E-state index in [9.17, 15) is 0 Å². The number of aliphatic imine (C=N–C) groups is 1. The van der Waals surface area contributed by atoms with Gasteiger partial charge in [-0.15, -0.1) is 0 Å². The van der Waals surface area contributed by atoms with Gasteiger partial charge in [-0.05, 0) is 24.3 Å². The third kappa shape index (κ3) is 5.49. The van der Waals surface area contributed by atoms with Gasteiger partial charge in [-0.1, -0.05) is 36.8 Å². The third-order valence-corrected chi connectivity index (χ3v) is 5.19. The average Bonchev–Trinajstić information content (AvgIpc) is 2.56. The summed E-state index contributed by atoms with van der Waals surface area (Å²) < 4.78 is 0. The molecular formula is C19H31N5. The molecule has 132 valence electrons. The van der Waals surface area contributed by atoms with Crippen LogP contribution in [0, 0.1) is 5.92 Å². The molecule has 1 heterocycles. The summed E-state index contributed by atoms with van der Waals surface area (Å²) in [5.74, 6) is 1.40. The van der Waals surface area contributed by atoms with Crippen LogP contribution in [0.15, 0.2) is 35.3 Å². The van der Waals surface area contributed by atoms with Gasteiger partial charge in [-0.2, -0.15) is 0 Å². The molecule has 3 rings (SSSR count). The molecule has 0 atom stereocenters. The number of nitrogens with one attached hydrogen (secondary N) is 1. The lowest BCUT2D eigenvalue weighted by molar-refractivity contribution is 0.129. The van der Waals surface area contributed by atoms with Crippen LogP contribution in [-0.2, 0) is 6.54 Å². The first kappa shape index (κ1) is 17.2. The summed E-state index contributed by atoms with van der Waals surface area (Å²) in [6, 6.07) is 10.7. The minimum Gasteiger partial charge on any atom is -0.370 e.